The van der Waals surface area contributed by atoms with Crippen LogP contribution >= 0.6 is 0 Å². The molecule has 81 heavy (non-hydrogen) atoms. The maximum atomic E-state index is 2.48. The van der Waals surface area contributed by atoms with Crippen molar-refractivity contribution < 1.29 is 0 Å². The Bertz CT molecular complexity index is 3780. The van der Waals surface area contributed by atoms with Crippen LogP contribution in [-0.2, 0) is 5.41 Å². The van der Waals surface area contributed by atoms with Gasteiger partial charge in [-0.3, -0.25) is 0 Å². The van der Waals surface area contributed by atoms with E-state index in [2.05, 4.69) is 328 Å². The average molecular weight is 1090 g/mol. The van der Waals surface area contributed by atoms with Crippen LogP contribution in [0, 0.1) is 55.4 Å². The molecule has 0 bridgehead atoms. The summed E-state index contributed by atoms with van der Waals surface area (Å²) in [4.78, 5) is 0. The molecule has 0 atom stereocenters. The van der Waals surface area contributed by atoms with E-state index < -0.39 is 16.1 Å². The van der Waals surface area contributed by atoms with E-state index in [1.54, 1.807) is 10.4 Å². The number of rotatable bonds is 12. The Kier molecular flexibility index (Phi) is 17.1. The highest BCUT2D eigenvalue weighted by atomic mass is 28.3. The summed E-state index contributed by atoms with van der Waals surface area (Å²) < 4.78 is 0. The molecule has 9 aromatic rings. The standard InChI is InChI=1S/C45H40Si.C34H44Si/c1-5-29-46(39-12-8-6-9-13-39,40-14-10-7-11-15-40)30-28-34-18-22-36(23-19-34)38-25-27-42-41-26-24-37(35-20-16-33(2)17-21-35)31-43(41)45(3,4)44(42)32-38;1-21(2)30(11)35(32-17-13-15-22(3)19-32,33-18-14-16-23(4)20-33)31(12)29(10)34-27(8)25(6)24(5)26(7)28(34)9/h5-32H,1-4H3;13-20H,1-12H3/b;31-29+. The maximum Gasteiger partial charge on any atom is 0.171 e. The summed E-state index contributed by atoms with van der Waals surface area (Å²) >= 11 is 0. The summed E-state index contributed by atoms with van der Waals surface area (Å²) in [5.41, 5.74) is 32.0. The van der Waals surface area contributed by atoms with Crippen molar-refractivity contribution in [2.75, 3.05) is 0 Å². The van der Waals surface area contributed by atoms with Crippen molar-refractivity contribution in [3.8, 4) is 33.4 Å². The summed E-state index contributed by atoms with van der Waals surface area (Å²) in [5.74, 6) is 0. The summed E-state index contributed by atoms with van der Waals surface area (Å²) in [5, 5.41) is 8.83. The molecule has 0 N–H and O–H groups in total. The number of hydrogen-bond acceptors (Lipinski definition) is 0. The first-order valence-corrected chi connectivity index (χ1v) is 33.3. The molecule has 10 rings (SSSR count). The molecule has 0 unspecified atom stereocenters. The van der Waals surface area contributed by atoms with Crippen LogP contribution in [0.15, 0.2) is 228 Å². The molecular weight excluding hydrogens is 1010 g/mol. The fraction of sp³-hybridized carbons (Fsp3) is 0.215. The van der Waals surface area contributed by atoms with Crippen LogP contribution in [0.3, 0.4) is 0 Å². The maximum absolute atomic E-state index is 2.48. The monoisotopic (exact) mass is 1090 g/mol. The third-order valence-electron chi connectivity index (χ3n) is 18.5. The molecule has 2 heteroatoms. The molecule has 408 valence electrons. The van der Waals surface area contributed by atoms with E-state index in [0.717, 1.165) is 0 Å². The quantitative estimate of drug-likeness (QED) is 0.107. The van der Waals surface area contributed by atoms with Gasteiger partial charge in [0.1, 0.15) is 0 Å². The van der Waals surface area contributed by atoms with Crippen molar-refractivity contribution in [1.82, 2.24) is 0 Å². The zero-order chi connectivity index (χ0) is 58.0. The molecule has 0 fully saturated rings. The van der Waals surface area contributed by atoms with Crippen molar-refractivity contribution in [2.45, 2.75) is 116 Å². The van der Waals surface area contributed by atoms with Gasteiger partial charge < -0.3 is 0 Å². The summed E-state index contributed by atoms with van der Waals surface area (Å²) in [7, 11) is -4.72. The lowest BCUT2D eigenvalue weighted by atomic mass is 9.81. The van der Waals surface area contributed by atoms with Gasteiger partial charge >= 0.3 is 0 Å². The van der Waals surface area contributed by atoms with Crippen LogP contribution < -0.4 is 20.7 Å². The van der Waals surface area contributed by atoms with Crippen LogP contribution in [-0.4, -0.2) is 16.1 Å². The van der Waals surface area contributed by atoms with Gasteiger partial charge in [-0.25, -0.2) is 0 Å². The average Bonchev–Trinajstić information content (AvgIpc) is 4.02. The topological polar surface area (TPSA) is 0 Å². The van der Waals surface area contributed by atoms with E-state index in [0.29, 0.717) is 0 Å². The summed E-state index contributed by atoms with van der Waals surface area (Å²) in [6.07, 6.45) is 4.54. The third-order valence-corrected chi connectivity index (χ3v) is 28.1. The van der Waals surface area contributed by atoms with E-state index in [-0.39, 0.29) is 5.41 Å². The van der Waals surface area contributed by atoms with Gasteiger partial charge in [0.05, 0.1) is 0 Å². The molecule has 0 saturated carbocycles. The predicted octanol–water partition coefficient (Wildman–Crippen LogP) is 18.9. The third kappa shape index (κ3) is 11.0. The lowest BCUT2D eigenvalue weighted by Gasteiger charge is -2.38. The number of fused-ring (bicyclic) bond motifs is 3. The SMILES string of the molecule is CC(C)=C(C)[Si](/C(C)=C(\C)c1c(C)c(C)c(C)c(C)c1C)(c1cccc(C)c1)c1cccc(C)c1.CC=C[Si](C=Cc1ccc(-c2ccc3c(c2)C(C)(C)c2cc(-c4ccc(C)cc4)ccc2-3)cc1)(c1ccccc1)c1ccccc1. The lowest BCUT2D eigenvalue weighted by molar-refractivity contribution is 0.661. The molecule has 0 spiro atoms. The number of aryl methyl sites for hydroxylation is 3. The number of benzene rings is 9. The Morgan fingerprint density at radius 3 is 1.23 bits per heavy atom. The minimum Gasteiger partial charge on any atom is -0.0945 e. The van der Waals surface area contributed by atoms with Crippen LogP contribution in [0.5, 0.6) is 0 Å². The molecule has 0 radical (unpaired) electrons. The second kappa shape index (κ2) is 23.8. The second-order valence-electron chi connectivity index (χ2n) is 23.9. The molecule has 0 saturated heterocycles. The second-order valence-corrected chi connectivity index (χ2v) is 31.6. The van der Waals surface area contributed by atoms with Crippen LogP contribution in [0.2, 0.25) is 0 Å². The van der Waals surface area contributed by atoms with Crippen molar-refractivity contribution in [2.24, 2.45) is 0 Å². The van der Waals surface area contributed by atoms with Gasteiger partial charge in [0.25, 0.3) is 0 Å². The molecule has 9 aromatic carbocycles. The van der Waals surface area contributed by atoms with Crippen molar-refractivity contribution >= 4 is 48.5 Å². The van der Waals surface area contributed by atoms with Gasteiger partial charge in [-0.2, -0.15) is 0 Å². The first-order chi connectivity index (χ1) is 38.7. The lowest BCUT2D eigenvalue weighted by Crippen LogP contribution is -2.61. The Labute approximate surface area is 489 Å². The minimum absolute atomic E-state index is 0.0697. The highest BCUT2D eigenvalue weighted by Crippen LogP contribution is 2.51. The predicted molar refractivity (Wildman–Crippen MR) is 361 cm³/mol. The fourth-order valence-electron chi connectivity index (χ4n) is 13.1. The van der Waals surface area contributed by atoms with E-state index in [1.165, 1.54) is 132 Å². The van der Waals surface area contributed by atoms with Gasteiger partial charge in [0, 0.05) is 5.41 Å². The zero-order valence-corrected chi connectivity index (χ0v) is 53.3. The first-order valence-electron chi connectivity index (χ1n) is 29.2. The van der Waals surface area contributed by atoms with Gasteiger partial charge in [0.15, 0.2) is 16.1 Å². The normalized spacial score (nSPS) is 13.1. The van der Waals surface area contributed by atoms with E-state index >= 15 is 0 Å². The van der Waals surface area contributed by atoms with Crippen molar-refractivity contribution in [3.63, 3.8) is 0 Å². The smallest absolute Gasteiger partial charge is 0.0945 e. The van der Waals surface area contributed by atoms with Crippen LogP contribution in [0.25, 0.3) is 45.0 Å². The number of allylic oxidation sites excluding steroid dienone is 5. The number of hydrogen-bond donors (Lipinski definition) is 0. The molecule has 0 heterocycles. The Morgan fingerprint density at radius 2 is 0.802 bits per heavy atom. The Balaban J connectivity index is 0.000000204. The molecule has 1 aliphatic carbocycles. The van der Waals surface area contributed by atoms with Gasteiger partial charge in [-0.15, -0.1) is 0 Å². The zero-order valence-electron chi connectivity index (χ0n) is 51.3. The first kappa shape index (κ1) is 58.0. The van der Waals surface area contributed by atoms with Crippen molar-refractivity contribution in [1.29, 1.82) is 0 Å². The largest absolute Gasteiger partial charge is 0.171 e. The molecule has 0 aromatic heterocycles. The van der Waals surface area contributed by atoms with E-state index in [1.807, 2.05) is 0 Å². The highest BCUT2D eigenvalue weighted by molar-refractivity contribution is 7.12. The Hall–Kier alpha value is -7.63. The molecular formula is C79H84Si2. The summed E-state index contributed by atoms with van der Waals surface area (Å²) in [6.45, 7) is 36.7. The van der Waals surface area contributed by atoms with E-state index in [9.17, 15) is 0 Å². The Morgan fingerprint density at radius 1 is 0.383 bits per heavy atom. The highest BCUT2D eigenvalue weighted by Gasteiger charge is 2.43. The van der Waals surface area contributed by atoms with Crippen LogP contribution in [0.4, 0.5) is 0 Å². The molecule has 0 nitrogen and oxygen atoms in total. The molecule has 0 amide bonds. The van der Waals surface area contributed by atoms with E-state index in [4.69, 9.17) is 0 Å². The fourth-order valence-corrected chi connectivity index (χ4v) is 22.5. The van der Waals surface area contributed by atoms with Gasteiger partial charge in [-0.1, -0.05) is 252 Å². The van der Waals surface area contributed by atoms with Gasteiger partial charge in [0.2, 0.25) is 0 Å². The minimum atomic E-state index is -2.46. The van der Waals surface area contributed by atoms with Crippen LogP contribution in [0.1, 0.15) is 122 Å². The van der Waals surface area contributed by atoms with Crippen molar-refractivity contribution in [3.05, 3.63) is 294 Å². The summed E-state index contributed by atoms with van der Waals surface area (Å²) in [6, 6.07) is 72.5. The molecule has 1 aliphatic rings. The molecule has 0 aliphatic heterocycles. The van der Waals surface area contributed by atoms with Gasteiger partial charge in [-0.05, 0) is 219 Å².